The standard InChI is InChI=1S/C14H17BN2O6S/c1-22-17-13(10-5-3-7-24-10)14(20)16-11-6-2-4-9(8-12(18)19)23-15(11)21/h2-5,7,9,11,21H,6,8H2,1H3,(H,16,20)(H,18,19)/b17-13-/t9-,11+/m1/s1. The van der Waals surface area contributed by atoms with Crippen LogP contribution in [0, 0.1) is 0 Å². The molecule has 0 aliphatic carbocycles. The second kappa shape index (κ2) is 8.62. The van der Waals surface area contributed by atoms with Crippen LogP contribution in [0.2, 0.25) is 0 Å². The molecular weight excluding hydrogens is 335 g/mol. The fraction of sp³-hybridized carbons (Fsp3) is 0.357. The number of aliphatic carboxylic acids is 1. The SMILES string of the molecule is CO/N=C(\C(=O)N[C@H]1CC=C[C@H](CC(=O)O)OB1O)c1cccs1. The Bertz CT molecular complexity index is 633. The summed E-state index contributed by atoms with van der Waals surface area (Å²) in [5, 5.41) is 27.1. The van der Waals surface area contributed by atoms with E-state index in [2.05, 4.69) is 10.5 Å². The molecule has 0 bridgehead atoms. The van der Waals surface area contributed by atoms with E-state index < -0.39 is 31.0 Å². The zero-order valence-electron chi connectivity index (χ0n) is 12.9. The van der Waals surface area contributed by atoms with Gasteiger partial charge in [0.05, 0.1) is 23.3 Å². The maximum Gasteiger partial charge on any atom is 0.478 e. The number of hydrogen-bond donors (Lipinski definition) is 3. The molecule has 24 heavy (non-hydrogen) atoms. The normalized spacial score (nSPS) is 21.2. The van der Waals surface area contributed by atoms with Gasteiger partial charge >= 0.3 is 13.1 Å². The van der Waals surface area contributed by atoms with Gasteiger partial charge < -0.3 is 24.9 Å². The van der Waals surface area contributed by atoms with E-state index in [-0.39, 0.29) is 12.1 Å². The van der Waals surface area contributed by atoms with Gasteiger partial charge in [-0.15, -0.1) is 11.3 Å². The Labute approximate surface area is 142 Å². The van der Waals surface area contributed by atoms with Crippen LogP contribution >= 0.6 is 11.3 Å². The van der Waals surface area contributed by atoms with Crippen LogP contribution in [0.3, 0.4) is 0 Å². The van der Waals surface area contributed by atoms with Crippen LogP contribution in [-0.2, 0) is 19.1 Å². The van der Waals surface area contributed by atoms with Crippen molar-refractivity contribution in [2.24, 2.45) is 5.16 Å². The summed E-state index contributed by atoms with van der Waals surface area (Å²) < 4.78 is 5.27. The van der Waals surface area contributed by atoms with E-state index in [1.54, 1.807) is 29.7 Å². The minimum Gasteiger partial charge on any atom is -0.481 e. The van der Waals surface area contributed by atoms with Crippen LogP contribution < -0.4 is 5.32 Å². The molecule has 0 aromatic carbocycles. The van der Waals surface area contributed by atoms with Gasteiger partial charge in [0.25, 0.3) is 5.91 Å². The first-order valence-electron chi connectivity index (χ1n) is 7.19. The Hall–Kier alpha value is -2.17. The fourth-order valence-electron chi connectivity index (χ4n) is 2.17. The summed E-state index contributed by atoms with van der Waals surface area (Å²) in [6.45, 7) is 0. The molecule has 128 valence electrons. The molecule has 2 heterocycles. The van der Waals surface area contributed by atoms with Gasteiger partial charge in [0.2, 0.25) is 0 Å². The van der Waals surface area contributed by atoms with Crippen molar-refractivity contribution in [3.63, 3.8) is 0 Å². The minimum absolute atomic E-state index is 0.0926. The Kier molecular flexibility index (Phi) is 6.53. The molecule has 2 atom stereocenters. The lowest BCUT2D eigenvalue weighted by Gasteiger charge is -2.20. The van der Waals surface area contributed by atoms with Crippen LogP contribution in [0.5, 0.6) is 0 Å². The molecule has 0 unspecified atom stereocenters. The highest BCUT2D eigenvalue weighted by molar-refractivity contribution is 7.13. The molecule has 2 rings (SSSR count). The van der Waals surface area contributed by atoms with Crippen molar-refractivity contribution in [2.45, 2.75) is 24.9 Å². The number of hydrogen-bond acceptors (Lipinski definition) is 7. The van der Waals surface area contributed by atoms with Crippen LogP contribution in [0.25, 0.3) is 0 Å². The summed E-state index contributed by atoms with van der Waals surface area (Å²) >= 11 is 1.33. The predicted molar refractivity (Wildman–Crippen MR) is 88.7 cm³/mol. The van der Waals surface area contributed by atoms with Gasteiger partial charge in [-0.05, 0) is 17.9 Å². The molecule has 1 aliphatic rings. The molecule has 0 saturated heterocycles. The van der Waals surface area contributed by atoms with Gasteiger partial charge in [-0.3, -0.25) is 9.59 Å². The van der Waals surface area contributed by atoms with E-state index in [9.17, 15) is 14.6 Å². The Morgan fingerprint density at radius 2 is 2.38 bits per heavy atom. The monoisotopic (exact) mass is 352 g/mol. The molecule has 1 aromatic heterocycles. The molecule has 1 amide bonds. The first kappa shape index (κ1) is 18.2. The second-order valence-corrected chi connectivity index (χ2v) is 5.95. The summed E-state index contributed by atoms with van der Waals surface area (Å²) in [6, 6.07) is 3.51. The lowest BCUT2D eigenvalue weighted by atomic mass is 9.77. The van der Waals surface area contributed by atoms with Gasteiger partial charge in [0.1, 0.15) is 7.11 Å². The molecule has 3 N–H and O–H groups in total. The van der Waals surface area contributed by atoms with Crippen molar-refractivity contribution in [2.75, 3.05) is 7.11 Å². The lowest BCUT2D eigenvalue weighted by molar-refractivity contribution is -0.138. The van der Waals surface area contributed by atoms with Crippen molar-refractivity contribution in [3.05, 3.63) is 34.5 Å². The average Bonchev–Trinajstić information content (AvgIpc) is 2.98. The van der Waals surface area contributed by atoms with Crippen molar-refractivity contribution >= 4 is 36.0 Å². The summed E-state index contributed by atoms with van der Waals surface area (Å²) in [4.78, 5) is 28.5. The number of carbonyl (C=O) groups is 2. The van der Waals surface area contributed by atoms with Crippen molar-refractivity contribution in [3.8, 4) is 0 Å². The molecule has 10 heteroatoms. The maximum atomic E-state index is 12.4. The lowest BCUT2D eigenvalue weighted by Crippen LogP contribution is -2.50. The minimum atomic E-state index is -1.33. The van der Waals surface area contributed by atoms with E-state index in [1.165, 1.54) is 18.4 Å². The van der Waals surface area contributed by atoms with E-state index in [1.807, 2.05) is 0 Å². The van der Waals surface area contributed by atoms with Gasteiger partial charge in [0, 0.05) is 0 Å². The number of amides is 1. The molecule has 0 spiro atoms. The summed E-state index contributed by atoms with van der Waals surface area (Å²) in [5.74, 6) is -2.28. The summed E-state index contributed by atoms with van der Waals surface area (Å²) in [6.07, 6.45) is 2.52. The molecule has 1 aromatic rings. The number of thiophene rings is 1. The largest absolute Gasteiger partial charge is 0.481 e. The number of nitrogens with one attached hydrogen (secondary N) is 1. The van der Waals surface area contributed by atoms with Gasteiger partial charge in [0.15, 0.2) is 5.71 Å². The molecule has 0 fully saturated rings. The highest BCUT2D eigenvalue weighted by atomic mass is 32.1. The molecule has 0 radical (unpaired) electrons. The highest BCUT2D eigenvalue weighted by Crippen LogP contribution is 2.14. The van der Waals surface area contributed by atoms with Gasteiger partial charge in [-0.25, -0.2) is 0 Å². The predicted octanol–water partition coefficient (Wildman–Crippen LogP) is 0.423. The smallest absolute Gasteiger partial charge is 0.478 e. The second-order valence-electron chi connectivity index (χ2n) is 5.01. The molecule has 0 saturated carbocycles. The molecular formula is C14H17BN2O6S. The third-order valence-corrected chi connectivity index (χ3v) is 4.12. The molecule has 1 aliphatic heterocycles. The summed E-state index contributed by atoms with van der Waals surface area (Å²) in [5.41, 5.74) is 0.0926. The Morgan fingerprint density at radius 1 is 1.58 bits per heavy atom. The highest BCUT2D eigenvalue weighted by Gasteiger charge is 2.33. The van der Waals surface area contributed by atoms with E-state index in [0.29, 0.717) is 11.3 Å². The van der Waals surface area contributed by atoms with Gasteiger partial charge in [-0.2, -0.15) is 0 Å². The maximum absolute atomic E-state index is 12.4. The first-order chi connectivity index (χ1) is 11.5. The van der Waals surface area contributed by atoms with E-state index in [4.69, 9.17) is 14.6 Å². The van der Waals surface area contributed by atoms with E-state index in [0.717, 1.165) is 0 Å². The number of carbonyl (C=O) groups excluding carboxylic acids is 1. The van der Waals surface area contributed by atoms with Crippen LogP contribution in [0.15, 0.2) is 34.8 Å². The van der Waals surface area contributed by atoms with Crippen LogP contribution in [0.4, 0.5) is 0 Å². The quantitative estimate of drug-likeness (QED) is 0.296. The number of carboxylic acids is 1. The third-order valence-electron chi connectivity index (χ3n) is 3.24. The van der Waals surface area contributed by atoms with Gasteiger partial charge in [-0.1, -0.05) is 23.4 Å². The van der Waals surface area contributed by atoms with Crippen molar-refractivity contribution < 1.29 is 29.2 Å². The van der Waals surface area contributed by atoms with Crippen LogP contribution in [-0.4, -0.2) is 54.0 Å². The van der Waals surface area contributed by atoms with E-state index >= 15 is 0 Å². The van der Waals surface area contributed by atoms with Crippen LogP contribution in [0.1, 0.15) is 17.7 Å². The van der Waals surface area contributed by atoms with Crippen molar-refractivity contribution in [1.82, 2.24) is 5.32 Å². The number of oxime groups is 1. The first-order valence-corrected chi connectivity index (χ1v) is 8.07. The number of carboxylic acid groups (broad SMARTS) is 1. The van der Waals surface area contributed by atoms with Crippen molar-refractivity contribution in [1.29, 1.82) is 0 Å². The Balaban J connectivity index is 2.04. The topological polar surface area (TPSA) is 117 Å². The summed E-state index contributed by atoms with van der Waals surface area (Å²) in [7, 11) is 0.00410. The number of rotatable bonds is 6. The number of nitrogens with zero attached hydrogens (tertiary/aromatic N) is 1. The third kappa shape index (κ3) is 4.92. The fourth-order valence-corrected chi connectivity index (χ4v) is 2.87. The average molecular weight is 352 g/mol. The Morgan fingerprint density at radius 3 is 3.00 bits per heavy atom. The molecule has 8 nitrogen and oxygen atoms in total. The zero-order chi connectivity index (χ0) is 17.5. The zero-order valence-corrected chi connectivity index (χ0v) is 13.7.